The molecule has 0 saturated heterocycles. The molecule has 0 aromatic heterocycles. The first-order chi connectivity index (χ1) is 9.55. The van der Waals surface area contributed by atoms with Crippen LogP contribution in [-0.2, 0) is 10.3 Å². The molecule has 104 valence electrons. The molecule has 0 bridgehead atoms. The Labute approximate surface area is 119 Å². The largest absolute Gasteiger partial charge is 0.343 e. The summed E-state index contributed by atoms with van der Waals surface area (Å²) in [5.74, 6) is -0.0771. The van der Waals surface area contributed by atoms with Crippen LogP contribution < -0.4 is 5.32 Å². The highest BCUT2D eigenvalue weighted by molar-refractivity contribution is 5.88. The van der Waals surface area contributed by atoms with Crippen LogP contribution in [0.4, 0.5) is 0 Å². The van der Waals surface area contributed by atoms with Crippen molar-refractivity contribution >= 4 is 5.91 Å². The van der Waals surface area contributed by atoms with Crippen LogP contribution in [0.3, 0.4) is 0 Å². The molecule has 0 heterocycles. The molecule has 0 radical (unpaired) electrons. The van der Waals surface area contributed by atoms with Crippen LogP contribution in [0, 0.1) is 11.3 Å². The number of nitrogens with one attached hydrogen (secondary N) is 1. The number of hydrogen-bond donors (Lipinski definition) is 1. The van der Waals surface area contributed by atoms with Gasteiger partial charge in [0.25, 0.3) is 0 Å². The third-order valence-corrected chi connectivity index (χ3v) is 3.40. The molecule has 2 rings (SSSR count). The number of rotatable bonds is 5. The molecule has 1 amide bonds. The average molecular weight is 269 g/mol. The first kappa shape index (κ1) is 14.3. The minimum Gasteiger partial charge on any atom is -0.343 e. The van der Waals surface area contributed by atoms with Gasteiger partial charge in [-0.2, -0.15) is 5.26 Å². The second kappa shape index (κ2) is 5.89. The molecule has 0 spiro atoms. The number of carbonyl (C=O) groups is 1. The van der Waals surface area contributed by atoms with Crippen LogP contribution in [0.2, 0.25) is 0 Å². The maximum Gasteiger partial charge on any atom is 0.244 e. The fourth-order valence-corrected chi connectivity index (χ4v) is 2.15. The molecule has 1 aromatic carbocycles. The predicted octanol–water partition coefficient (Wildman–Crippen LogP) is 1.78. The first-order valence-electron chi connectivity index (χ1n) is 6.70. The SMILES string of the molecule is CN(C)C/C=C/C(=O)NC1(c2cccc(C#N)c2)CC1. The van der Waals surface area contributed by atoms with Gasteiger partial charge >= 0.3 is 0 Å². The van der Waals surface area contributed by atoms with Crippen LogP contribution in [0.25, 0.3) is 0 Å². The number of likely N-dealkylation sites (N-methyl/N-ethyl adjacent to an activating group) is 1. The van der Waals surface area contributed by atoms with Crippen molar-refractivity contribution < 1.29 is 4.79 Å². The number of amides is 1. The van der Waals surface area contributed by atoms with Crippen molar-refractivity contribution in [3.63, 3.8) is 0 Å². The number of carbonyl (C=O) groups excluding carboxylic acids is 1. The molecule has 4 heteroatoms. The minimum atomic E-state index is -0.271. The third kappa shape index (κ3) is 3.46. The van der Waals surface area contributed by atoms with E-state index < -0.39 is 0 Å². The van der Waals surface area contributed by atoms with E-state index in [2.05, 4.69) is 11.4 Å². The van der Waals surface area contributed by atoms with Crippen molar-refractivity contribution in [2.45, 2.75) is 18.4 Å². The summed E-state index contributed by atoms with van der Waals surface area (Å²) in [6.45, 7) is 0.740. The lowest BCUT2D eigenvalue weighted by Gasteiger charge is -2.17. The standard InChI is InChI=1S/C16H19N3O/c1-19(2)10-4-7-15(20)18-16(8-9-16)14-6-3-5-13(11-14)12-17/h3-7,11H,8-10H2,1-2H3,(H,18,20)/b7-4+. The minimum absolute atomic E-state index is 0.0771. The van der Waals surface area contributed by atoms with Crippen molar-refractivity contribution in [1.29, 1.82) is 5.26 Å². The van der Waals surface area contributed by atoms with E-state index in [1.54, 1.807) is 12.1 Å². The van der Waals surface area contributed by atoms with Crippen LogP contribution in [0.15, 0.2) is 36.4 Å². The lowest BCUT2D eigenvalue weighted by atomic mass is 10.0. The average Bonchev–Trinajstić information content (AvgIpc) is 3.19. The molecule has 1 aromatic rings. The Morgan fingerprint density at radius 3 is 2.85 bits per heavy atom. The Kier molecular flexibility index (Phi) is 4.21. The molecule has 1 N–H and O–H groups in total. The Balaban J connectivity index is 2.03. The molecule has 0 atom stereocenters. The molecule has 0 unspecified atom stereocenters. The summed E-state index contributed by atoms with van der Waals surface area (Å²) in [5.41, 5.74) is 1.38. The molecule has 1 saturated carbocycles. The summed E-state index contributed by atoms with van der Waals surface area (Å²) < 4.78 is 0. The van der Waals surface area contributed by atoms with Gasteiger partial charge in [0.2, 0.25) is 5.91 Å². The Morgan fingerprint density at radius 2 is 2.25 bits per heavy atom. The van der Waals surface area contributed by atoms with Gasteiger partial charge in [-0.15, -0.1) is 0 Å². The molecular weight excluding hydrogens is 250 g/mol. The van der Waals surface area contributed by atoms with Gasteiger partial charge in [0, 0.05) is 12.6 Å². The smallest absolute Gasteiger partial charge is 0.244 e. The topological polar surface area (TPSA) is 56.1 Å². The number of benzene rings is 1. The van der Waals surface area contributed by atoms with Gasteiger partial charge in [-0.05, 0) is 44.6 Å². The van der Waals surface area contributed by atoms with E-state index >= 15 is 0 Å². The molecule has 4 nitrogen and oxygen atoms in total. The molecular formula is C16H19N3O. The van der Waals surface area contributed by atoms with Gasteiger partial charge in [0.15, 0.2) is 0 Å². The Morgan fingerprint density at radius 1 is 1.50 bits per heavy atom. The maximum atomic E-state index is 11.9. The molecule has 1 aliphatic rings. The van der Waals surface area contributed by atoms with Crippen LogP contribution in [0.5, 0.6) is 0 Å². The van der Waals surface area contributed by atoms with Gasteiger partial charge < -0.3 is 10.2 Å². The zero-order valence-corrected chi connectivity index (χ0v) is 11.9. The van der Waals surface area contributed by atoms with E-state index in [1.165, 1.54) is 0 Å². The lowest BCUT2D eigenvalue weighted by Crippen LogP contribution is -2.33. The van der Waals surface area contributed by atoms with Crippen molar-refractivity contribution in [3.05, 3.63) is 47.5 Å². The number of nitriles is 1. The van der Waals surface area contributed by atoms with Gasteiger partial charge in [0.1, 0.15) is 0 Å². The fraction of sp³-hybridized carbons (Fsp3) is 0.375. The fourth-order valence-electron chi connectivity index (χ4n) is 2.15. The molecule has 1 fully saturated rings. The van der Waals surface area contributed by atoms with Crippen molar-refractivity contribution in [2.75, 3.05) is 20.6 Å². The van der Waals surface area contributed by atoms with Crippen LogP contribution in [0.1, 0.15) is 24.0 Å². The van der Waals surface area contributed by atoms with E-state index in [0.29, 0.717) is 5.56 Å². The summed E-state index contributed by atoms with van der Waals surface area (Å²) in [7, 11) is 3.91. The van der Waals surface area contributed by atoms with Crippen molar-refractivity contribution in [3.8, 4) is 6.07 Å². The highest BCUT2D eigenvalue weighted by atomic mass is 16.1. The summed E-state index contributed by atoms with van der Waals surface area (Å²) >= 11 is 0. The summed E-state index contributed by atoms with van der Waals surface area (Å²) in [5, 5.41) is 12.0. The Hall–Kier alpha value is -2.12. The summed E-state index contributed by atoms with van der Waals surface area (Å²) in [6.07, 6.45) is 5.27. The van der Waals surface area contributed by atoms with Crippen LogP contribution >= 0.6 is 0 Å². The first-order valence-corrected chi connectivity index (χ1v) is 6.70. The van der Waals surface area contributed by atoms with Gasteiger partial charge in [0.05, 0.1) is 17.2 Å². The molecule has 1 aliphatic carbocycles. The zero-order chi connectivity index (χ0) is 14.6. The van der Waals surface area contributed by atoms with E-state index in [0.717, 1.165) is 24.9 Å². The molecule has 0 aliphatic heterocycles. The van der Waals surface area contributed by atoms with Crippen molar-refractivity contribution in [1.82, 2.24) is 10.2 Å². The predicted molar refractivity (Wildman–Crippen MR) is 77.9 cm³/mol. The van der Waals surface area contributed by atoms with E-state index in [9.17, 15) is 4.79 Å². The van der Waals surface area contributed by atoms with Gasteiger partial charge in [-0.1, -0.05) is 18.2 Å². The summed E-state index contributed by atoms with van der Waals surface area (Å²) in [6, 6.07) is 9.60. The monoisotopic (exact) mass is 269 g/mol. The quantitative estimate of drug-likeness (QED) is 0.829. The number of nitrogens with zero attached hydrogens (tertiary/aromatic N) is 2. The van der Waals surface area contributed by atoms with E-state index in [4.69, 9.17) is 5.26 Å². The normalized spacial score (nSPS) is 16.1. The van der Waals surface area contributed by atoms with E-state index in [1.807, 2.05) is 43.3 Å². The Bertz CT molecular complexity index is 565. The number of hydrogen-bond acceptors (Lipinski definition) is 3. The van der Waals surface area contributed by atoms with Crippen LogP contribution in [-0.4, -0.2) is 31.4 Å². The second-order valence-electron chi connectivity index (χ2n) is 5.43. The third-order valence-electron chi connectivity index (χ3n) is 3.40. The highest BCUT2D eigenvalue weighted by Crippen LogP contribution is 2.45. The second-order valence-corrected chi connectivity index (χ2v) is 5.43. The zero-order valence-electron chi connectivity index (χ0n) is 11.9. The summed E-state index contributed by atoms with van der Waals surface area (Å²) in [4.78, 5) is 13.9. The maximum absolute atomic E-state index is 11.9. The van der Waals surface area contributed by atoms with Crippen molar-refractivity contribution in [2.24, 2.45) is 0 Å². The van der Waals surface area contributed by atoms with Gasteiger partial charge in [-0.25, -0.2) is 0 Å². The lowest BCUT2D eigenvalue weighted by molar-refractivity contribution is -0.117. The van der Waals surface area contributed by atoms with Gasteiger partial charge in [-0.3, -0.25) is 4.79 Å². The highest BCUT2D eigenvalue weighted by Gasteiger charge is 2.45. The molecule has 20 heavy (non-hydrogen) atoms. The van der Waals surface area contributed by atoms with E-state index in [-0.39, 0.29) is 11.4 Å².